The molecule has 0 amide bonds. The Balaban J connectivity index is 2.12. The molecular formula is C15H18ClIO3. The van der Waals surface area contributed by atoms with Crippen molar-refractivity contribution in [2.75, 3.05) is 13.7 Å². The Morgan fingerprint density at radius 3 is 2.70 bits per heavy atom. The van der Waals surface area contributed by atoms with Crippen molar-refractivity contribution in [2.24, 2.45) is 5.92 Å². The van der Waals surface area contributed by atoms with E-state index in [1.807, 2.05) is 0 Å². The van der Waals surface area contributed by atoms with Crippen molar-refractivity contribution in [3.05, 3.63) is 26.3 Å². The fraction of sp³-hybridized carbons (Fsp3) is 0.533. The highest BCUT2D eigenvalue weighted by atomic mass is 127. The Kier molecular flexibility index (Phi) is 5.96. The van der Waals surface area contributed by atoms with Crippen LogP contribution in [0.3, 0.4) is 0 Å². The van der Waals surface area contributed by atoms with Gasteiger partial charge in [-0.05, 0) is 53.5 Å². The van der Waals surface area contributed by atoms with Crippen LogP contribution in [0.2, 0.25) is 5.02 Å². The summed E-state index contributed by atoms with van der Waals surface area (Å²) in [6.45, 7) is 0.654. The number of methoxy groups -OCH3 is 1. The summed E-state index contributed by atoms with van der Waals surface area (Å²) in [6, 6.07) is 3.42. The lowest BCUT2D eigenvalue weighted by Gasteiger charge is -2.22. The molecule has 20 heavy (non-hydrogen) atoms. The molecule has 1 aromatic carbocycles. The Hall–Kier alpha value is -0.490. The van der Waals surface area contributed by atoms with E-state index in [9.17, 15) is 4.79 Å². The molecule has 0 heterocycles. The first kappa shape index (κ1) is 15.9. The quantitative estimate of drug-likeness (QED) is 0.535. The number of benzene rings is 1. The zero-order chi connectivity index (χ0) is 14.5. The third-order valence-corrected chi connectivity index (χ3v) is 5.15. The molecule has 1 aliphatic carbocycles. The fourth-order valence-corrected chi connectivity index (χ4v) is 3.08. The Labute approximate surface area is 138 Å². The molecule has 0 unspecified atom stereocenters. The first-order chi connectivity index (χ1) is 9.61. The molecule has 0 aromatic heterocycles. The number of carbonyl (C=O) groups is 1. The molecule has 1 fully saturated rings. The molecule has 0 aliphatic heterocycles. The van der Waals surface area contributed by atoms with Gasteiger partial charge in [-0.15, -0.1) is 0 Å². The van der Waals surface area contributed by atoms with Crippen LogP contribution < -0.4 is 4.74 Å². The Bertz CT molecular complexity index is 484. The van der Waals surface area contributed by atoms with Gasteiger partial charge in [0.1, 0.15) is 11.3 Å². The molecule has 0 saturated heterocycles. The highest BCUT2D eigenvalue weighted by molar-refractivity contribution is 14.1. The van der Waals surface area contributed by atoms with Gasteiger partial charge in [0.15, 0.2) is 0 Å². The van der Waals surface area contributed by atoms with Gasteiger partial charge in [0.25, 0.3) is 0 Å². The first-order valence-electron chi connectivity index (χ1n) is 6.82. The molecule has 3 nitrogen and oxygen atoms in total. The topological polar surface area (TPSA) is 35.5 Å². The largest absolute Gasteiger partial charge is 0.492 e. The summed E-state index contributed by atoms with van der Waals surface area (Å²) in [5, 5.41) is 0.538. The van der Waals surface area contributed by atoms with Crippen LogP contribution in [-0.4, -0.2) is 19.7 Å². The highest BCUT2D eigenvalue weighted by Gasteiger charge is 2.19. The monoisotopic (exact) mass is 408 g/mol. The predicted molar refractivity (Wildman–Crippen MR) is 87.6 cm³/mol. The summed E-state index contributed by atoms with van der Waals surface area (Å²) in [4.78, 5) is 11.8. The maximum absolute atomic E-state index is 11.8. The van der Waals surface area contributed by atoms with Crippen LogP contribution in [0.1, 0.15) is 42.5 Å². The van der Waals surface area contributed by atoms with E-state index in [2.05, 4.69) is 22.6 Å². The molecular weight excluding hydrogens is 391 g/mol. The SMILES string of the molecule is COC(=O)c1cc(Cl)c(I)cc1OCC1CCCCC1. The molecule has 1 aliphatic rings. The van der Waals surface area contributed by atoms with E-state index in [-0.39, 0.29) is 0 Å². The summed E-state index contributed by atoms with van der Waals surface area (Å²) >= 11 is 8.20. The van der Waals surface area contributed by atoms with Gasteiger partial charge in [-0.3, -0.25) is 0 Å². The molecule has 0 N–H and O–H groups in total. The lowest BCUT2D eigenvalue weighted by atomic mass is 9.90. The number of esters is 1. The summed E-state index contributed by atoms with van der Waals surface area (Å²) < 4.78 is 11.5. The van der Waals surface area contributed by atoms with Gasteiger partial charge in [0.2, 0.25) is 0 Å². The Morgan fingerprint density at radius 1 is 1.35 bits per heavy atom. The molecule has 0 atom stereocenters. The lowest BCUT2D eigenvalue weighted by Crippen LogP contribution is -2.16. The number of ether oxygens (including phenoxy) is 2. The van der Waals surface area contributed by atoms with Gasteiger partial charge in [-0.2, -0.15) is 0 Å². The molecule has 2 rings (SSSR count). The number of halogens is 2. The van der Waals surface area contributed by atoms with Crippen LogP contribution in [0.4, 0.5) is 0 Å². The van der Waals surface area contributed by atoms with E-state index in [4.69, 9.17) is 21.1 Å². The number of hydrogen-bond donors (Lipinski definition) is 0. The van der Waals surface area contributed by atoms with Crippen LogP contribution >= 0.6 is 34.2 Å². The number of carbonyl (C=O) groups excluding carboxylic acids is 1. The van der Waals surface area contributed by atoms with Crippen molar-refractivity contribution in [1.82, 2.24) is 0 Å². The smallest absolute Gasteiger partial charge is 0.341 e. The number of rotatable bonds is 4. The third-order valence-electron chi connectivity index (χ3n) is 3.63. The van der Waals surface area contributed by atoms with Gasteiger partial charge in [-0.1, -0.05) is 30.9 Å². The van der Waals surface area contributed by atoms with Crippen LogP contribution in [0.5, 0.6) is 5.75 Å². The zero-order valence-corrected chi connectivity index (χ0v) is 14.4. The minimum atomic E-state index is -0.415. The van der Waals surface area contributed by atoms with Crippen molar-refractivity contribution in [1.29, 1.82) is 0 Å². The van der Waals surface area contributed by atoms with Gasteiger partial charge in [-0.25, -0.2) is 4.79 Å². The molecule has 0 radical (unpaired) electrons. The van der Waals surface area contributed by atoms with Crippen LogP contribution in [0.15, 0.2) is 12.1 Å². The van der Waals surface area contributed by atoms with Gasteiger partial charge >= 0.3 is 5.97 Å². The molecule has 0 spiro atoms. The minimum absolute atomic E-state index is 0.397. The number of hydrogen-bond acceptors (Lipinski definition) is 3. The van der Waals surface area contributed by atoms with E-state index < -0.39 is 5.97 Å². The average Bonchev–Trinajstić information content (AvgIpc) is 2.48. The predicted octanol–water partition coefficient (Wildman–Crippen LogP) is 4.69. The molecule has 110 valence electrons. The molecule has 1 aromatic rings. The molecule has 0 bridgehead atoms. The van der Waals surface area contributed by atoms with E-state index >= 15 is 0 Å². The summed E-state index contributed by atoms with van der Waals surface area (Å²) in [6.07, 6.45) is 6.28. The van der Waals surface area contributed by atoms with E-state index in [0.29, 0.717) is 28.9 Å². The van der Waals surface area contributed by atoms with Gasteiger partial charge in [0.05, 0.1) is 18.7 Å². The summed E-state index contributed by atoms with van der Waals surface area (Å²) in [5.41, 5.74) is 0.397. The normalized spacial score (nSPS) is 15.9. The van der Waals surface area contributed by atoms with Gasteiger partial charge < -0.3 is 9.47 Å². The minimum Gasteiger partial charge on any atom is -0.492 e. The summed E-state index contributed by atoms with van der Waals surface area (Å²) in [5.74, 6) is 0.737. The lowest BCUT2D eigenvalue weighted by molar-refractivity contribution is 0.0594. The first-order valence-corrected chi connectivity index (χ1v) is 8.27. The second kappa shape index (κ2) is 7.50. The second-order valence-electron chi connectivity index (χ2n) is 5.07. The fourth-order valence-electron chi connectivity index (χ4n) is 2.48. The van der Waals surface area contributed by atoms with Crippen LogP contribution in [0.25, 0.3) is 0 Å². The van der Waals surface area contributed by atoms with Crippen molar-refractivity contribution in [2.45, 2.75) is 32.1 Å². The van der Waals surface area contributed by atoms with Gasteiger partial charge in [0, 0.05) is 3.57 Å². The van der Waals surface area contributed by atoms with Crippen molar-refractivity contribution in [3.8, 4) is 5.75 Å². The van der Waals surface area contributed by atoms with Crippen molar-refractivity contribution in [3.63, 3.8) is 0 Å². The maximum atomic E-state index is 11.8. The third kappa shape index (κ3) is 4.01. The molecule has 5 heteroatoms. The van der Waals surface area contributed by atoms with Crippen molar-refractivity contribution >= 4 is 40.2 Å². The summed E-state index contributed by atoms with van der Waals surface area (Å²) in [7, 11) is 1.36. The van der Waals surface area contributed by atoms with Crippen LogP contribution in [-0.2, 0) is 4.74 Å². The van der Waals surface area contributed by atoms with Crippen molar-refractivity contribution < 1.29 is 14.3 Å². The second-order valence-corrected chi connectivity index (χ2v) is 6.64. The Morgan fingerprint density at radius 2 is 2.05 bits per heavy atom. The van der Waals surface area contributed by atoms with E-state index in [0.717, 1.165) is 3.57 Å². The zero-order valence-electron chi connectivity index (χ0n) is 11.5. The van der Waals surface area contributed by atoms with Crippen LogP contribution in [0, 0.1) is 9.49 Å². The highest BCUT2D eigenvalue weighted by Crippen LogP contribution is 2.30. The van der Waals surface area contributed by atoms with E-state index in [1.54, 1.807) is 12.1 Å². The average molecular weight is 409 g/mol. The standard InChI is InChI=1S/C15H18ClIO3/c1-19-15(18)11-7-12(16)13(17)8-14(11)20-9-10-5-3-2-4-6-10/h7-8,10H,2-6,9H2,1H3. The maximum Gasteiger partial charge on any atom is 0.341 e. The van der Waals surface area contributed by atoms with E-state index in [1.165, 1.54) is 39.2 Å². The molecule has 1 saturated carbocycles.